The second-order valence-electron chi connectivity index (χ2n) is 13.5. The van der Waals surface area contributed by atoms with Crippen LogP contribution in [0.1, 0.15) is 11.1 Å². The summed E-state index contributed by atoms with van der Waals surface area (Å²) in [6, 6.07) is 67.7. The third-order valence-electron chi connectivity index (χ3n) is 10.6. The Hall–Kier alpha value is -7.66. The van der Waals surface area contributed by atoms with Crippen LogP contribution in [0.2, 0.25) is 0 Å². The molecule has 0 spiro atoms. The van der Waals surface area contributed by atoms with Crippen molar-refractivity contribution in [2.75, 3.05) is 0 Å². The normalized spacial score (nSPS) is 11.3. The minimum absolute atomic E-state index is 0.462. The third-order valence-corrected chi connectivity index (χ3v) is 10.6. The van der Waals surface area contributed by atoms with Crippen LogP contribution < -0.4 is 0 Å². The van der Waals surface area contributed by atoms with Crippen molar-refractivity contribution in [2.24, 2.45) is 0 Å². The Morgan fingerprint density at radius 3 is 1.48 bits per heavy atom. The molecule has 4 nitrogen and oxygen atoms in total. The van der Waals surface area contributed by atoms with Gasteiger partial charge in [-0.05, 0) is 76.9 Å². The molecule has 250 valence electrons. The third kappa shape index (κ3) is 4.68. The van der Waals surface area contributed by atoms with E-state index in [1.165, 1.54) is 21.5 Å². The van der Waals surface area contributed by atoms with Crippen molar-refractivity contribution in [3.05, 3.63) is 193 Å². The Morgan fingerprint density at radius 1 is 0.370 bits per heavy atom. The molecule has 0 fully saturated rings. The molecule has 0 unspecified atom stereocenters. The highest BCUT2D eigenvalue weighted by Gasteiger charge is 2.25. The van der Waals surface area contributed by atoms with Gasteiger partial charge in [-0.1, -0.05) is 127 Å². The summed E-state index contributed by atoms with van der Waals surface area (Å²) in [5.74, 6) is 0. The van der Waals surface area contributed by atoms with E-state index in [9.17, 15) is 10.5 Å². The summed E-state index contributed by atoms with van der Waals surface area (Å²) in [5, 5.41) is 25.6. The van der Waals surface area contributed by atoms with Gasteiger partial charge in [0.25, 0.3) is 0 Å². The zero-order valence-corrected chi connectivity index (χ0v) is 29.1. The van der Waals surface area contributed by atoms with Gasteiger partial charge in [0.2, 0.25) is 0 Å². The molecular weight excluding hydrogens is 657 g/mol. The molecule has 4 heteroatoms. The summed E-state index contributed by atoms with van der Waals surface area (Å²) in [4.78, 5) is 0. The van der Waals surface area contributed by atoms with E-state index in [0.29, 0.717) is 16.7 Å². The van der Waals surface area contributed by atoms with Crippen LogP contribution in [0, 0.1) is 22.7 Å². The van der Waals surface area contributed by atoms with Crippen molar-refractivity contribution >= 4 is 43.6 Å². The summed E-state index contributed by atoms with van der Waals surface area (Å²) < 4.78 is 4.78. The fourth-order valence-corrected chi connectivity index (χ4v) is 8.36. The smallest absolute Gasteiger partial charge is 0.0998 e. The van der Waals surface area contributed by atoms with Crippen LogP contribution in [0.25, 0.3) is 88.4 Å². The Morgan fingerprint density at radius 2 is 0.889 bits per heavy atom. The van der Waals surface area contributed by atoms with Gasteiger partial charge < -0.3 is 9.13 Å². The van der Waals surface area contributed by atoms with Gasteiger partial charge in [0, 0.05) is 44.0 Å². The maximum absolute atomic E-state index is 10.5. The van der Waals surface area contributed by atoms with Gasteiger partial charge in [-0.25, -0.2) is 0 Å². The molecular formula is C50H30N4. The highest BCUT2D eigenvalue weighted by atomic mass is 15.0. The van der Waals surface area contributed by atoms with E-state index in [4.69, 9.17) is 0 Å². The lowest BCUT2D eigenvalue weighted by molar-refractivity contribution is 1.17. The Bertz CT molecular complexity index is 3060. The Kier molecular flexibility index (Phi) is 7.22. The monoisotopic (exact) mass is 686 g/mol. The van der Waals surface area contributed by atoms with Crippen molar-refractivity contribution < 1.29 is 0 Å². The molecule has 0 amide bonds. The number of nitriles is 2. The second-order valence-corrected chi connectivity index (χ2v) is 13.5. The van der Waals surface area contributed by atoms with E-state index in [1.54, 1.807) is 18.2 Å². The quantitative estimate of drug-likeness (QED) is 0.181. The van der Waals surface area contributed by atoms with Gasteiger partial charge in [-0.3, -0.25) is 0 Å². The molecule has 0 saturated carbocycles. The maximum atomic E-state index is 10.5. The number of aromatic nitrogens is 2. The van der Waals surface area contributed by atoms with Gasteiger partial charge in [-0.15, -0.1) is 0 Å². The molecule has 0 atom stereocenters. The number of fused-ring (bicyclic) bond motifs is 7. The lowest BCUT2D eigenvalue weighted by atomic mass is 9.83. The fraction of sp³-hybridized carbons (Fsp3) is 0. The molecule has 54 heavy (non-hydrogen) atoms. The molecule has 0 bridgehead atoms. The van der Waals surface area contributed by atoms with E-state index < -0.39 is 0 Å². The number of hydrogen-bond donors (Lipinski definition) is 0. The molecule has 10 rings (SSSR count). The predicted octanol–water partition coefficient (Wildman–Crippen LogP) is 12.6. The highest BCUT2D eigenvalue weighted by Crippen LogP contribution is 2.47. The molecule has 0 radical (unpaired) electrons. The van der Waals surface area contributed by atoms with Crippen LogP contribution in [-0.2, 0) is 0 Å². The van der Waals surface area contributed by atoms with Gasteiger partial charge in [-0.2, -0.15) is 10.5 Å². The Balaban J connectivity index is 1.42. The minimum atomic E-state index is 0.462. The zero-order chi connectivity index (χ0) is 36.2. The topological polar surface area (TPSA) is 57.4 Å². The molecule has 0 aliphatic heterocycles. The number of para-hydroxylation sites is 3. The summed E-state index contributed by atoms with van der Waals surface area (Å²) >= 11 is 0. The maximum Gasteiger partial charge on any atom is 0.0998 e. The molecule has 8 aromatic carbocycles. The zero-order valence-electron chi connectivity index (χ0n) is 29.1. The Labute approximate surface area is 312 Å². The van der Waals surface area contributed by atoms with E-state index in [1.807, 2.05) is 36.4 Å². The van der Waals surface area contributed by atoms with Crippen LogP contribution in [0.3, 0.4) is 0 Å². The number of nitrogens with zero attached hydrogens (tertiary/aromatic N) is 4. The summed E-state index contributed by atoms with van der Waals surface area (Å²) in [6.45, 7) is 0. The lowest BCUT2D eigenvalue weighted by Crippen LogP contribution is -2.01. The van der Waals surface area contributed by atoms with E-state index in [2.05, 4.69) is 149 Å². The first kappa shape index (κ1) is 31.1. The highest BCUT2D eigenvalue weighted by molar-refractivity contribution is 6.26. The van der Waals surface area contributed by atoms with Crippen molar-refractivity contribution in [1.82, 2.24) is 9.13 Å². The van der Waals surface area contributed by atoms with E-state index in [-0.39, 0.29) is 0 Å². The summed E-state index contributed by atoms with van der Waals surface area (Å²) in [5.41, 5.74) is 12.9. The first-order valence-corrected chi connectivity index (χ1v) is 18.0. The number of rotatable bonds is 5. The molecule has 0 saturated heterocycles. The van der Waals surface area contributed by atoms with Crippen molar-refractivity contribution in [1.29, 1.82) is 10.5 Å². The van der Waals surface area contributed by atoms with Gasteiger partial charge >= 0.3 is 0 Å². The average molecular weight is 687 g/mol. The van der Waals surface area contributed by atoms with Crippen molar-refractivity contribution in [3.63, 3.8) is 0 Å². The molecule has 0 aliphatic rings. The number of benzene rings is 8. The van der Waals surface area contributed by atoms with Gasteiger partial charge in [0.05, 0.1) is 45.3 Å². The van der Waals surface area contributed by atoms with E-state index in [0.717, 1.165) is 61.3 Å². The lowest BCUT2D eigenvalue weighted by Gasteiger charge is -2.21. The summed E-state index contributed by atoms with van der Waals surface area (Å²) in [6.07, 6.45) is 0. The fourth-order valence-electron chi connectivity index (χ4n) is 8.36. The molecule has 0 N–H and O–H groups in total. The largest absolute Gasteiger partial charge is 0.309 e. The molecule has 2 aromatic heterocycles. The van der Waals surface area contributed by atoms with Crippen molar-refractivity contribution in [3.8, 4) is 56.9 Å². The van der Waals surface area contributed by atoms with Gasteiger partial charge in [0.15, 0.2) is 0 Å². The van der Waals surface area contributed by atoms with Crippen LogP contribution >= 0.6 is 0 Å². The predicted molar refractivity (Wildman–Crippen MR) is 221 cm³/mol. The first-order valence-electron chi connectivity index (χ1n) is 18.0. The van der Waals surface area contributed by atoms with Gasteiger partial charge in [0.1, 0.15) is 0 Å². The summed E-state index contributed by atoms with van der Waals surface area (Å²) in [7, 11) is 0. The molecule has 10 aromatic rings. The first-order chi connectivity index (χ1) is 26.7. The van der Waals surface area contributed by atoms with Crippen molar-refractivity contribution in [2.45, 2.75) is 0 Å². The number of hydrogen-bond acceptors (Lipinski definition) is 2. The van der Waals surface area contributed by atoms with Crippen LogP contribution in [-0.4, -0.2) is 9.13 Å². The average Bonchev–Trinajstić information content (AvgIpc) is 3.77. The standard InChI is InChI=1S/C50H30N4/c51-31-35-19-14-20-36(32-52)47(35)48-42(33-15-4-1-5-16-33)29-38(30-43(48)34-17-6-2-7-18-34)54-44-25-12-10-23-39(44)40-27-28-46-49(50(40)54)41-24-11-13-26-45(41)53(46)37-21-8-3-9-22-37/h1-30H. The van der Waals surface area contributed by atoms with Crippen LogP contribution in [0.15, 0.2) is 182 Å². The van der Waals surface area contributed by atoms with Crippen LogP contribution in [0.4, 0.5) is 0 Å². The molecule has 2 heterocycles. The van der Waals surface area contributed by atoms with E-state index >= 15 is 0 Å². The second kappa shape index (κ2) is 12.5. The molecule has 0 aliphatic carbocycles. The SMILES string of the molecule is N#Cc1cccc(C#N)c1-c1c(-c2ccccc2)cc(-n2c3ccccc3c3ccc4c(c5ccccc5n4-c4ccccc4)c32)cc1-c1ccccc1. The minimum Gasteiger partial charge on any atom is -0.309 e. The van der Waals surface area contributed by atoms with Crippen LogP contribution in [0.5, 0.6) is 0 Å².